The highest BCUT2D eigenvalue weighted by Gasteiger charge is 2.29. The molecule has 1 fully saturated rings. The minimum absolute atomic E-state index is 0. The second kappa shape index (κ2) is 12.0. The van der Waals surface area contributed by atoms with Crippen LogP contribution in [0.5, 0.6) is 0 Å². The molecule has 152 valence electrons. The maximum atomic E-state index is 4.75. The third-order valence-electron chi connectivity index (χ3n) is 5.01. The van der Waals surface area contributed by atoms with Gasteiger partial charge < -0.3 is 10.6 Å². The Morgan fingerprint density at radius 3 is 2.68 bits per heavy atom. The topological polar surface area (TPSA) is 52.6 Å². The predicted octanol–water partition coefficient (Wildman–Crippen LogP) is 3.46. The fourth-order valence-electron chi connectivity index (χ4n) is 3.60. The molecule has 1 aromatic heterocycles. The summed E-state index contributed by atoms with van der Waals surface area (Å²) in [6, 6.07) is 15.8. The highest BCUT2D eigenvalue weighted by atomic mass is 127. The number of benzene rings is 1. The summed E-state index contributed by atoms with van der Waals surface area (Å²) in [5.74, 6) is 0.917. The van der Waals surface area contributed by atoms with Crippen molar-refractivity contribution in [1.29, 1.82) is 0 Å². The summed E-state index contributed by atoms with van der Waals surface area (Å²) in [5, 5.41) is 7.01. The molecule has 0 bridgehead atoms. The molecule has 1 aromatic carbocycles. The first-order valence-corrected chi connectivity index (χ1v) is 9.96. The summed E-state index contributed by atoms with van der Waals surface area (Å²) >= 11 is 0. The van der Waals surface area contributed by atoms with Gasteiger partial charge in [-0.25, -0.2) is 0 Å². The van der Waals surface area contributed by atoms with E-state index in [1.165, 1.54) is 11.1 Å². The summed E-state index contributed by atoms with van der Waals surface area (Å²) in [6.45, 7) is 8.11. The van der Waals surface area contributed by atoms with Crippen molar-refractivity contribution in [2.75, 3.05) is 19.6 Å². The molecule has 1 saturated heterocycles. The van der Waals surface area contributed by atoms with Crippen LogP contribution in [-0.2, 0) is 13.0 Å². The van der Waals surface area contributed by atoms with Crippen LogP contribution in [-0.4, -0.2) is 47.6 Å². The molecule has 2 unspecified atom stereocenters. The molecule has 6 heteroatoms. The maximum absolute atomic E-state index is 4.75. The third-order valence-corrected chi connectivity index (χ3v) is 5.01. The van der Waals surface area contributed by atoms with Gasteiger partial charge in [-0.1, -0.05) is 36.4 Å². The highest BCUT2D eigenvalue weighted by molar-refractivity contribution is 14.0. The Bertz CT molecular complexity index is 707. The average molecular weight is 493 g/mol. The summed E-state index contributed by atoms with van der Waals surface area (Å²) < 4.78 is 0. The Morgan fingerprint density at radius 2 is 1.96 bits per heavy atom. The third kappa shape index (κ3) is 7.05. The van der Waals surface area contributed by atoms with Gasteiger partial charge in [0.25, 0.3) is 0 Å². The molecule has 3 rings (SSSR count). The largest absolute Gasteiger partial charge is 0.357 e. The van der Waals surface area contributed by atoms with Crippen LogP contribution >= 0.6 is 24.0 Å². The van der Waals surface area contributed by atoms with Crippen LogP contribution in [0.15, 0.2) is 59.9 Å². The van der Waals surface area contributed by atoms with Crippen molar-refractivity contribution >= 4 is 29.9 Å². The van der Waals surface area contributed by atoms with Gasteiger partial charge in [-0.05, 0) is 43.9 Å². The van der Waals surface area contributed by atoms with E-state index in [4.69, 9.17) is 4.99 Å². The number of hydrogen-bond acceptors (Lipinski definition) is 3. The van der Waals surface area contributed by atoms with Gasteiger partial charge in [0.1, 0.15) is 0 Å². The minimum Gasteiger partial charge on any atom is -0.357 e. The lowest BCUT2D eigenvalue weighted by atomic mass is 10.2. The van der Waals surface area contributed by atoms with Crippen LogP contribution in [0.4, 0.5) is 0 Å². The molecule has 5 nitrogen and oxygen atoms in total. The predicted molar refractivity (Wildman–Crippen MR) is 127 cm³/mol. The van der Waals surface area contributed by atoms with Crippen LogP contribution in [0, 0.1) is 0 Å². The number of aliphatic imine (C=N–C) groups is 1. The number of halogens is 1. The summed E-state index contributed by atoms with van der Waals surface area (Å²) in [7, 11) is 0. The number of rotatable bonds is 7. The van der Waals surface area contributed by atoms with E-state index in [0.29, 0.717) is 12.1 Å². The first kappa shape index (κ1) is 22.6. The van der Waals surface area contributed by atoms with Gasteiger partial charge in [0, 0.05) is 50.7 Å². The number of nitrogens with one attached hydrogen (secondary N) is 2. The molecule has 2 aromatic rings. The van der Waals surface area contributed by atoms with E-state index in [9.17, 15) is 0 Å². The molecule has 1 aliphatic rings. The molecule has 1 aliphatic heterocycles. The van der Waals surface area contributed by atoms with E-state index in [1.54, 1.807) is 6.20 Å². The van der Waals surface area contributed by atoms with E-state index in [0.717, 1.165) is 45.0 Å². The second-order valence-electron chi connectivity index (χ2n) is 7.21. The maximum Gasteiger partial charge on any atom is 0.191 e. The van der Waals surface area contributed by atoms with E-state index in [2.05, 4.69) is 70.8 Å². The molecule has 0 saturated carbocycles. The number of aromatic nitrogens is 1. The fourth-order valence-corrected chi connectivity index (χ4v) is 3.60. The zero-order chi connectivity index (χ0) is 18.9. The van der Waals surface area contributed by atoms with Crippen molar-refractivity contribution in [3.63, 3.8) is 0 Å². The smallest absolute Gasteiger partial charge is 0.191 e. The van der Waals surface area contributed by atoms with Gasteiger partial charge in [-0.15, -0.1) is 24.0 Å². The Labute approximate surface area is 186 Å². The molecular weight excluding hydrogens is 461 g/mol. The number of nitrogens with zero attached hydrogens (tertiary/aromatic N) is 3. The number of hydrogen-bond donors (Lipinski definition) is 2. The molecular formula is C22H32IN5. The summed E-state index contributed by atoms with van der Waals surface area (Å²) in [6.07, 6.45) is 5.77. The van der Waals surface area contributed by atoms with Gasteiger partial charge in [0.05, 0.1) is 0 Å². The molecule has 0 radical (unpaired) electrons. The first-order chi connectivity index (χ1) is 13.2. The monoisotopic (exact) mass is 493 g/mol. The fraction of sp³-hybridized carbons (Fsp3) is 0.455. The quantitative estimate of drug-likeness (QED) is 0.353. The van der Waals surface area contributed by atoms with E-state index < -0.39 is 0 Å². The molecule has 2 heterocycles. The van der Waals surface area contributed by atoms with Crippen molar-refractivity contribution in [2.45, 2.75) is 45.3 Å². The van der Waals surface area contributed by atoms with E-state index in [-0.39, 0.29) is 24.0 Å². The van der Waals surface area contributed by atoms with E-state index in [1.807, 2.05) is 12.3 Å². The standard InChI is InChI=1S/C22H31N5.HI/c1-3-24-22(25-13-11-19-10-7-12-23-15-19)26-21-14-18(2)27(17-21)16-20-8-5-4-6-9-20;/h4-10,12,15,18,21H,3,11,13-14,16-17H2,1-2H3,(H2,24,25,26);1H. The summed E-state index contributed by atoms with van der Waals surface area (Å²) in [4.78, 5) is 11.5. The van der Waals surface area contributed by atoms with Crippen LogP contribution in [0.3, 0.4) is 0 Å². The number of guanidine groups is 1. The van der Waals surface area contributed by atoms with Crippen molar-refractivity contribution in [3.8, 4) is 0 Å². The van der Waals surface area contributed by atoms with Gasteiger partial charge in [-0.3, -0.25) is 14.9 Å². The normalized spacial score (nSPS) is 19.9. The van der Waals surface area contributed by atoms with Crippen LogP contribution in [0.2, 0.25) is 0 Å². The van der Waals surface area contributed by atoms with Crippen molar-refractivity contribution in [2.24, 2.45) is 4.99 Å². The van der Waals surface area contributed by atoms with E-state index >= 15 is 0 Å². The van der Waals surface area contributed by atoms with Gasteiger partial charge in [0.2, 0.25) is 0 Å². The van der Waals surface area contributed by atoms with Gasteiger partial charge in [0.15, 0.2) is 5.96 Å². The van der Waals surface area contributed by atoms with Crippen molar-refractivity contribution in [1.82, 2.24) is 20.5 Å². The van der Waals surface area contributed by atoms with Crippen LogP contribution < -0.4 is 10.6 Å². The number of likely N-dealkylation sites (tertiary alicyclic amines) is 1. The Hall–Kier alpha value is -1.67. The zero-order valence-corrected chi connectivity index (χ0v) is 19.2. The highest BCUT2D eigenvalue weighted by Crippen LogP contribution is 2.20. The molecule has 28 heavy (non-hydrogen) atoms. The Balaban J connectivity index is 0.00000280. The Morgan fingerprint density at radius 1 is 1.18 bits per heavy atom. The minimum atomic E-state index is 0. The SMILES string of the molecule is CCNC(=NCCc1cccnc1)NC1CC(C)N(Cc2ccccc2)C1.I. The number of pyridine rings is 1. The van der Waals surface area contributed by atoms with Crippen LogP contribution in [0.1, 0.15) is 31.4 Å². The molecule has 2 N–H and O–H groups in total. The molecule has 0 aliphatic carbocycles. The van der Waals surface area contributed by atoms with Gasteiger partial charge in [-0.2, -0.15) is 0 Å². The molecule has 0 amide bonds. The molecule has 0 spiro atoms. The zero-order valence-electron chi connectivity index (χ0n) is 16.8. The van der Waals surface area contributed by atoms with Crippen molar-refractivity contribution in [3.05, 3.63) is 66.0 Å². The van der Waals surface area contributed by atoms with Crippen molar-refractivity contribution < 1.29 is 0 Å². The second-order valence-corrected chi connectivity index (χ2v) is 7.21. The average Bonchev–Trinajstić information content (AvgIpc) is 3.02. The lowest BCUT2D eigenvalue weighted by Gasteiger charge is -2.21. The van der Waals surface area contributed by atoms with Crippen LogP contribution in [0.25, 0.3) is 0 Å². The lowest BCUT2D eigenvalue weighted by molar-refractivity contribution is 0.258. The van der Waals surface area contributed by atoms with Gasteiger partial charge >= 0.3 is 0 Å². The summed E-state index contributed by atoms with van der Waals surface area (Å²) in [5.41, 5.74) is 2.60. The first-order valence-electron chi connectivity index (χ1n) is 9.96. The Kier molecular flexibility index (Phi) is 9.70. The lowest BCUT2D eigenvalue weighted by Crippen LogP contribution is -2.44. The molecule has 2 atom stereocenters.